The number of carbonyl (C=O) groups is 1. The molecule has 1 heterocycles. The molecule has 0 saturated carbocycles. The van der Waals surface area contributed by atoms with Gasteiger partial charge in [0.2, 0.25) is 0 Å². The number of hydrogen-bond acceptors (Lipinski definition) is 5. The molecule has 7 nitrogen and oxygen atoms in total. The van der Waals surface area contributed by atoms with Crippen molar-refractivity contribution in [1.82, 2.24) is 15.0 Å². The van der Waals surface area contributed by atoms with Crippen LogP contribution in [0.5, 0.6) is 5.75 Å². The van der Waals surface area contributed by atoms with Crippen molar-refractivity contribution in [2.75, 3.05) is 6.61 Å². The molecule has 112 valence electrons. The van der Waals surface area contributed by atoms with Crippen LogP contribution in [-0.4, -0.2) is 32.8 Å². The molecule has 0 aliphatic heterocycles. The highest BCUT2D eigenvalue weighted by Gasteiger charge is 2.10. The summed E-state index contributed by atoms with van der Waals surface area (Å²) in [6.45, 7) is 0.175. The number of amides is 1. The van der Waals surface area contributed by atoms with Gasteiger partial charge in [-0.1, -0.05) is 18.2 Å². The lowest BCUT2D eigenvalue weighted by Crippen LogP contribution is -2.14. The van der Waals surface area contributed by atoms with E-state index in [1.165, 1.54) is 4.80 Å². The molecule has 0 aliphatic rings. The lowest BCUT2D eigenvalue weighted by atomic mass is 10.1. The maximum atomic E-state index is 10.6. The summed E-state index contributed by atoms with van der Waals surface area (Å²) in [5.41, 5.74) is 7.74. The average molecular weight is 298 g/mol. The number of nitrogens with two attached hydrogens (primary N) is 1. The summed E-state index contributed by atoms with van der Waals surface area (Å²) in [7, 11) is 0. The third-order valence-corrected chi connectivity index (χ3v) is 3.18. The van der Waals surface area contributed by atoms with Crippen molar-refractivity contribution < 1.29 is 14.6 Å². The third kappa shape index (κ3) is 2.83. The van der Waals surface area contributed by atoms with Crippen molar-refractivity contribution in [3.05, 3.63) is 48.0 Å². The highest BCUT2D eigenvalue weighted by molar-refractivity contribution is 5.73. The second kappa shape index (κ2) is 5.72. The molecule has 0 spiro atoms. The second-order valence-electron chi connectivity index (χ2n) is 4.72. The van der Waals surface area contributed by atoms with Gasteiger partial charge in [0.1, 0.15) is 22.5 Å². The standard InChI is InChI=1S/C15H14N4O3/c16-15(21)22-8-7-10-5-6-14(20)13(9-10)19-17-11-3-1-2-4-12(11)18-19/h1-6,9,20H,7-8H2,(H2,16,21). The predicted molar refractivity (Wildman–Crippen MR) is 79.8 cm³/mol. The maximum absolute atomic E-state index is 10.6. The number of phenolic OH excluding ortho intramolecular Hbond substituents is 1. The van der Waals surface area contributed by atoms with Crippen LogP contribution in [-0.2, 0) is 11.2 Å². The van der Waals surface area contributed by atoms with Crippen LogP contribution < -0.4 is 5.73 Å². The van der Waals surface area contributed by atoms with Crippen LogP contribution >= 0.6 is 0 Å². The number of primary amides is 1. The molecule has 2 aromatic carbocycles. The van der Waals surface area contributed by atoms with Crippen LogP contribution in [0.4, 0.5) is 4.79 Å². The van der Waals surface area contributed by atoms with E-state index in [4.69, 9.17) is 10.5 Å². The van der Waals surface area contributed by atoms with Gasteiger partial charge in [0.25, 0.3) is 0 Å². The minimum Gasteiger partial charge on any atom is -0.506 e. The molecule has 0 aliphatic carbocycles. The van der Waals surface area contributed by atoms with Crippen molar-refractivity contribution in [2.24, 2.45) is 5.73 Å². The first-order valence-corrected chi connectivity index (χ1v) is 6.70. The van der Waals surface area contributed by atoms with E-state index in [0.29, 0.717) is 12.1 Å². The molecule has 7 heteroatoms. The summed E-state index contributed by atoms with van der Waals surface area (Å²) < 4.78 is 4.71. The Balaban J connectivity index is 1.90. The van der Waals surface area contributed by atoms with Crippen LogP contribution in [0.1, 0.15) is 5.56 Å². The van der Waals surface area contributed by atoms with Gasteiger partial charge in [0, 0.05) is 6.42 Å². The molecule has 0 saturated heterocycles. The minimum absolute atomic E-state index is 0.0693. The normalized spacial score (nSPS) is 10.7. The number of ether oxygens (including phenoxy) is 1. The first-order valence-electron chi connectivity index (χ1n) is 6.70. The number of aromatic hydroxyl groups is 1. The van der Waals surface area contributed by atoms with Crippen molar-refractivity contribution in [3.63, 3.8) is 0 Å². The van der Waals surface area contributed by atoms with Crippen LogP contribution in [0.2, 0.25) is 0 Å². The average Bonchev–Trinajstić information content (AvgIpc) is 2.92. The molecular formula is C15H14N4O3. The van der Waals surface area contributed by atoms with E-state index in [1.807, 2.05) is 24.3 Å². The van der Waals surface area contributed by atoms with Crippen molar-refractivity contribution >= 4 is 17.1 Å². The SMILES string of the molecule is NC(=O)OCCc1ccc(O)c(-n2nc3ccccc3n2)c1. The van der Waals surface area contributed by atoms with Gasteiger partial charge in [-0.3, -0.25) is 0 Å². The molecule has 3 N–H and O–H groups in total. The Hall–Kier alpha value is -3.09. The Kier molecular flexibility index (Phi) is 3.61. The topological polar surface area (TPSA) is 103 Å². The number of aromatic nitrogens is 3. The Morgan fingerprint density at radius 3 is 2.50 bits per heavy atom. The number of benzene rings is 2. The number of fused-ring (bicyclic) bond motifs is 1. The van der Waals surface area contributed by atoms with Crippen LogP contribution in [0.25, 0.3) is 16.7 Å². The van der Waals surface area contributed by atoms with E-state index in [2.05, 4.69) is 10.2 Å². The van der Waals surface area contributed by atoms with Gasteiger partial charge in [0.15, 0.2) is 0 Å². The predicted octanol–water partition coefficient (Wildman–Crippen LogP) is 1.76. The molecule has 3 rings (SSSR count). The summed E-state index contributed by atoms with van der Waals surface area (Å²) in [6, 6.07) is 12.5. The third-order valence-electron chi connectivity index (χ3n) is 3.18. The van der Waals surface area contributed by atoms with Gasteiger partial charge in [0.05, 0.1) is 6.61 Å². The molecule has 1 amide bonds. The van der Waals surface area contributed by atoms with E-state index in [9.17, 15) is 9.90 Å². The number of phenols is 1. The fourth-order valence-electron chi connectivity index (χ4n) is 2.12. The number of rotatable bonds is 4. The smallest absolute Gasteiger partial charge is 0.404 e. The van der Waals surface area contributed by atoms with Crippen molar-refractivity contribution in [3.8, 4) is 11.4 Å². The number of nitrogens with zero attached hydrogens (tertiary/aromatic N) is 3. The van der Waals surface area contributed by atoms with E-state index in [-0.39, 0.29) is 12.4 Å². The first-order chi connectivity index (χ1) is 10.6. The van der Waals surface area contributed by atoms with Gasteiger partial charge < -0.3 is 15.6 Å². The molecule has 0 bridgehead atoms. The van der Waals surface area contributed by atoms with Crippen LogP contribution in [0.15, 0.2) is 42.5 Å². The molecule has 0 fully saturated rings. The zero-order chi connectivity index (χ0) is 15.5. The largest absolute Gasteiger partial charge is 0.506 e. The van der Waals surface area contributed by atoms with E-state index < -0.39 is 6.09 Å². The minimum atomic E-state index is -0.806. The summed E-state index contributed by atoms with van der Waals surface area (Å²) in [5.74, 6) is 0.0693. The summed E-state index contributed by atoms with van der Waals surface area (Å²) in [6.07, 6.45) is -0.323. The lowest BCUT2D eigenvalue weighted by Gasteiger charge is -2.07. The van der Waals surface area contributed by atoms with Crippen LogP contribution in [0, 0.1) is 0 Å². The lowest BCUT2D eigenvalue weighted by molar-refractivity contribution is 0.158. The fraction of sp³-hybridized carbons (Fsp3) is 0.133. The van der Waals surface area contributed by atoms with E-state index in [0.717, 1.165) is 16.6 Å². The van der Waals surface area contributed by atoms with E-state index >= 15 is 0 Å². The maximum Gasteiger partial charge on any atom is 0.404 e. The van der Waals surface area contributed by atoms with Crippen LogP contribution in [0.3, 0.4) is 0 Å². The number of hydrogen-bond donors (Lipinski definition) is 2. The Bertz CT molecular complexity index is 796. The fourth-order valence-corrected chi connectivity index (χ4v) is 2.12. The van der Waals surface area contributed by atoms with Gasteiger partial charge in [-0.05, 0) is 29.8 Å². The van der Waals surface area contributed by atoms with Gasteiger partial charge in [-0.15, -0.1) is 15.0 Å². The Morgan fingerprint density at radius 1 is 1.18 bits per heavy atom. The molecule has 0 radical (unpaired) electrons. The Labute approximate surface area is 125 Å². The monoisotopic (exact) mass is 298 g/mol. The molecule has 0 unspecified atom stereocenters. The summed E-state index contributed by atoms with van der Waals surface area (Å²) in [5, 5.41) is 18.7. The first kappa shape index (κ1) is 13.9. The molecule has 22 heavy (non-hydrogen) atoms. The second-order valence-corrected chi connectivity index (χ2v) is 4.72. The molecule has 1 aromatic heterocycles. The van der Waals surface area contributed by atoms with Crippen molar-refractivity contribution in [2.45, 2.75) is 6.42 Å². The Morgan fingerprint density at radius 2 is 1.86 bits per heavy atom. The summed E-state index contributed by atoms with van der Waals surface area (Å²) >= 11 is 0. The quantitative estimate of drug-likeness (QED) is 0.764. The van der Waals surface area contributed by atoms with Crippen molar-refractivity contribution in [1.29, 1.82) is 0 Å². The highest BCUT2D eigenvalue weighted by atomic mass is 16.5. The van der Waals surface area contributed by atoms with Gasteiger partial charge in [-0.2, -0.15) is 0 Å². The molecular weight excluding hydrogens is 284 g/mol. The zero-order valence-corrected chi connectivity index (χ0v) is 11.6. The molecule has 0 atom stereocenters. The summed E-state index contributed by atoms with van der Waals surface area (Å²) in [4.78, 5) is 12.0. The van der Waals surface area contributed by atoms with Gasteiger partial charge >= 0.3 is 6.09 Å². The highest BCUT2D eigenvalue weighted by Crippen LogP contribution is 2.23. The van der Waals surface area contributed by atoms with Gasteiger partial charge in [-0.25, -0.2) is 4.79 Å². The molecule has 3 aromatic rings. The number of carbonyl (C=O) groups excluding carboxylic acids is 1. The zero-order valence-electron chi connectivity index (χ0n) is 11.6. The van der Waals surface area contributed by atoms with E-state index in [1.54, 1.807) is 18.2 Å².